The Morgan fingerprint density at radius 2 is 1.57 bits per heavy atom. The lowest BCUT2D eigenvalue weighted by Gasteiger charge is -1.99. The topological polar surface area (TPSA) is 64.9 Å². The highest BCUT2D eigenvalue weighted by atomic mass is 16.4. The standard InChI is InChI=1S/C17H17N3O/c1-2-12-3-7-14(8-4-12)17-20-19-16(21-17)11-13-5-9-15(18)10-6-13/h3-10H,2,11,18H2,1H3. The van der Waals surface area contributed by atoms with E-state index in [9.17, 15) is 0 Å². The molecular formula is C17H17N3O. The minimum absolute atomic E-state index is 0.558. The summed E-state index contributed by atoms with van der Waals surface area (Å²) in [5, 5.41) is 8.22. The smallest absolute Gasteiger partial charge is 0.247 e. The van der Waals surface area contributed by atoms with Crippen LogP contribution in [0.3, 0.4) is 0 Å². The first kappa shape index (κ1) is 13.4. The molecule has 1 heterocycles. The Kier molecular flexibility index (Phi) is 3.69. The molecule has 4 nitrogen and oxygen atoms in total. The van der Waals surface area contributed by atoms with E-state index in [0.29, 0.717) is 18.2 Å². The molecule has 0 radical (unpaired) electrons. The molecule has 0 fully saturated rings. The predicted molar refractivity (Wildman–Crippen MR) is 82.8 cm³/mol. The normalized spacial score (nSPS) is 10.7. The highest BCUT2D eigenvalue weighted by Crippen LogP contribution is 2.20. The zero-order valence-electron chi connectivity index (χ0n) is 11.9. The van der Waals surface area contributed by atoms with Gasteiger partial charge in [0.15, 0.2) is 0 Å². The fraction of sp³-hybridized carbons (Fsp3) is 0.176. The van der Waals surface area contributed by atoms with Crippen LogP contribution in [0.25, 0.3) is 11.5 Å². The molecule has 0 aliphatic carbocycles. The number of benzene rings is 2. The molecule has 0 atom stereocenters. The van der Waals surface area contributed by atoms with Gasteiger partial charge in [-0.05, 0) is 41.8 Å². The van der Waals surface area contributed by atoms with Gasteiger partial charge < -0.3 is 10.2 Å². The zero-order valence-corrected chi connectivity index (χ0v) is 11.9. The number of nitrogens with zero attached hydrogens (tertiary/aromatic N) is 2. The third-order valence-electron chi connectivity index (χ3n) is 3.41. The fourth-order valence-electron chi connectivity index (χ4n) is 2.13. The summed E-state index contributed by atoms with van der Waals surface area (Å²) >= 11 is 0. The van der Waals surface area contributed by atoms with Gasteiger partial charge in [0.05, 0.1) is 6.42 Å². The van der Waals surface area contributed by atoms with Crippen molar-refractivity contribution in [2.75, 3.05) is 5.73 Å². The van der Waals surface area contributed by atoms with Gasteiger partial charge in [0, 0.05) is 11.3 Å². The Hall–Kier alpha value is -2.62. The van der Waals surface area contributed by atoms with Crippen LogP contribution in [0.1, 0.15) is 23.9 Å². The van der Waals surface area contributed by atoms with E-state index in [1.54, 1.807) is 0 Å². The van der Waals surface area contributed by atoms with Crippen molar-refractivity contribution in [2.45, 2.75) is 19.8 Å². The van der Waals surface area contributed by atoms with E-state index < -0.39 is 0 Å². The molecule has 2 N–H and O–H groups in total. The van der Waals surface area contributed by atoms with Crippen molar-refractivity contribution in [1.82, 2.24) is 10.2 Å². The van der Waals surface area contributed by atoms with Gasteiger partial charge in [-0.1, -0.05) is 31.2 Å². The lowest BCUT2D eigenvalue weighted by atomic mass is 10.1. The van der Waals surface area contributed by atoms with Crippen LogP contribution in [0, 0.1) is 0 Å². The minimum Gasteiger partial charge on any atom is -0.420 e. The number of anilines is 1. The maximum absolute atomic E-state index is 5.72. The summed E-state index contributed by atoms with van der Waals surface area (Å²) in [4.78, 5) is 0. The monoisotopic (exact) mass is 279 g/mol. The van der Waals surface area contributed by atoms with Gasteiger partial charge in [-0.25, -0.2) is 0 Å². The van der Waals surface area contributed by atoms with Crippen LogP contribution in [0.2, 0.25) is 0 Å². The first-order valence-corrected chi connectivity index (χ1v) is 7.00. The van der Waals surface area contributed by atoms with Crippen molar-refractivity contribution in [3.8, 4) is 11.5 Å². The first-order chi connectivity index (χ1) is 10.2. The van der Waals surface area contributed by atoms with E-state index in [2.05, 4.69) is 29.3 Å². The van der Waals surface area contributed by atoms with E-state index in [1.165, 1.54) is 5.56 Å². The molecule has 3 rings (SSSR count). The lowest BCUT2D eigenvalue weighted by molar-refractivity contribution is 0.518. The van der Waals surface area contributed by atoms with Crippen LogP contribution in [-0.4, -0.2) is 10.2 Å². The highest BCUT2D eigenvalue weighted by Gasteiger charge is 2.09. The van der Waals surface area contributed by atoms with Crippen molar-refractivity contribution in [1.29, 1.82) is 0 Å². The van der Waals surface area contributed by atoms with E-state index in [4.69, 9.17) is 10.2 Å². The molecule has 0 aliphatic heterocycles. The molecule has 0 saturated carbocycles. The highest BCUT2D eigenvalue weighted by molar-refractivity contribution is 5.53. The van der Waals surface area contributed by atoms with Crippen LogP contribution in [0.4, 0.5) is 5.69 Å². The van der Waals surface area contributed by atoms with Crippen LogP contribution in [0.15, 0.2) is 52.9 Å². The molecule has 106 valence electrons. The van der Waals surface area contributed by atoms with Gasteiger partial charge in [0.1, 0.15) is 0 Å². The summed E-state index contributed by atoms with van der Waals surface area (Å²) < 4.78 is 5.72. The zero-order chi connectivity index (χ0) is 14.7. The van der Waals surface area contributed by atoms with E-state index in [1.807, 2.05) is 36.4 Å². The fourth-order valence-corrected chi connectivity index (χ4v) is 2.13. The maximum atomic E-state index is 5.72. The summed E-state index contributed by atoms with van der Waals surface area (Å²) in [7, 11) is 0. The van der Waals surface area contributed by atoms with Crippen molar-refractivity contribution < 1.29 is 4.42 Å². The first-order valence-electron chi connectivity index (χ1n) is 7.00. The van der Waals surface area contributed by atoms with Crippen LogP contribution >= 0.6 is 0 Å². The summed E-state index contributed by atoms with van der Waals surface area (Å²) in [5.41, 5.74) is 9.76. The largest absolute Gasteiger partial charge is 0.420 e. The third kappa shape index (κ3) is 3.11. The molecule has 3 aromatic rings. The second kappa shape index (κ2) is 5.79. The Bertz CT molecular complexity index is 715. The molecule has 1 aromatic heterocycles. The molecule has 0 saturated heterocycles. The molecule has 0 unspecified atom stereocenters. The van der Waals surface area contributed by atoms with Gasteiger partial charge in [0.25, 0.3) is 0 Å². The minimum atomic E-state index is 0.558. The van der Waals surface area contributed by atoms with Crippen LogP contribution in [-0.2, 0) is 12.8 Å². The van der Waals surface area contributed by atoms with E-state index in [-0.39, 0.29) is 0 Å². The molecule has 21 heavy (non-hydrogen) atoms. The summed E-state index contributed by atoms with van der Waals surface area (Å²) in [6, 6.07) is 15.9. The average Bonchev–Trinajstić information content (AvgIpc) is 2.98. The second-order valence-electron chi connectivity index (χ2n) is 4.97. The number of hydrogen-bond acceptors (Lipinski definition) is 4. The third-order valence-corrected chi connectivity index (χ3v) is 3.41. The SMILES string of the molecule is CCc1ccc(-c2nnc(Cc3ccc(N)cc3)o2)cc1. The number of aryl methyl sites for hydroxylation is 1. The van der Waals surface area contributed by atoms with Crippen molar-refractivity contribution in [3.05, 3.63) is 65.5 Å². The summed E-state index contributed by atoms with van der Waals surface area (Å²) in [6.07, 6.45) is 1.63. The van der Waals surface area contributed by atoms with E-state index >= 15 is 0 Å². The average molecular weight is 279 g/mol. The second-order valence-corrected chi connectivity index (χ2v) is 4.97. The quantitative estimate of drug-likeness (QED) is 0.743. The van der Waals surface area contributed by atoms with E-state index in [0.717, 1.165) is 23.2 Å². The molecule has 0 aliphatic rings. The van der Waals surface area contributed by atoms with Crippen molar-refractivity contribution >= 4 is 5.69 Å². The number of nitrogen functional groups attached to an aromatic ring is 1. The number of hydrogen-bond donors (Lipinski definition) is 1. The van der Waals surface area contributed by atoms with Crippen molar-refractivity contribution in [2.24, 2.45) is 0 Å². The molecule has 0 bridgehead atoms. The lowest BCUT2D eigenvalue weighted by Crippen LogP contribution is -1.90. The number of aromatic nitrogens is 2. The molecule has 0 amide bonds. The molecular weight excluding hydrogens is 262 g/mol. The Morgan fingerprint density at radius 3 is 2.24 bits per heavy atom. The van der Waals surface area contributed by atoms with Crippen LogP contribution in [0.5, 0.6) is 0 Å². The van der Waals surface area contributed by atoms with Gasteiger partial charge in [-0.15, -0.1) is 10.2 Å². The molecule has 0 spiro atoms. The van der Waals surface area contributed by atoms with Gasteiger partial charge in [-0.2, -0.15) is 0 Å². The van der Waals surface area contributed by atoms with Crippen molar-refractivity contribution in [3.63, 3.8) is 0 Å². The Labute approximate surface area is 123 Å². The Morgan fingerprint density at radius 1 is 0.905 bits per heavy atom. The Balaban J connectivity index is 1.77. The van der Waals surface area contributed by atoms with Gasteiger partial charge in [-0.3, -0.25) is 0 Å². The summed E-state index contributed by atoms with van der Waals surface area (Å²) in [6.45, 7) is 2.13. The molecule has 4 heteroatoms. The predicted octanol–water partition coefficient (Wildman–Crippen LogP) is 3.47. The number of nitrogens with two attached hydrogens (primary N) is 1. The van der Waals surface area contributed by atoms with Gasteiger partial charge in [0.2, 0.25) is 11.8 Å². The molecule has 2 aromatic carbocycles. The maximum Gasteiger partial charge on any atom is 0.247 e. The number of rotatable bonds is 4. The van der Waals surface area contributed by atoms with Crippen LogP contribution < -0.4 is 5.73 Å². The summed E-state index contributed by atoms with van der Waals surface area (Å²) in [5.74, 6) is 1.16. The van der Waals surface area contributed by atoms with Gasteiger partial charge >= 0.3 is 0 Å².